The molecule has 23 heavy (non-hydrogen) atoms. The maximum absolute atomic E-state index is 12.8. The minimum absolute atomic E-state index is 0.299. The molecular weight excluding hydrogens is 331 g/mol. The van der Waals surface area contributed by atoms with Gasteiger partial charge in [0.1, 0.15) is 0 Å². The Balaban J connectivity index is 2.23. The third-order valence-electron chi connectivity index (χ3n) is 3.60. The van der Waals surface area contributed by atoms with E-state index in [9.17, 15) is 21.6 Å². The van der Waals surface area contributed by atoms with E-state index >= 15 is 0 Å². The minimum atomic E-state index is -4.58. The Bertz CT molecular complexity index is 726. The summed E-state index contributed by atoms with van der Waals surface area (Å²) in [6.07, 6.45) is -2.14. The number of nitrogens with zero attached hydrogens (tertiary/aromatic N) is 2. The van der Waals surface area contributed by atoms with Gasteiger partial charge in [0.2, 0.25) is 10.0 Å². The van der Waals surface area contributed by atoms with Crippen LogP contribution in [0.3, 0.4) is 0 Å². The smallest absolute Gasteiger partial charge is 0.370 e. The number of hydrogen-bond donors (Lipinski definition) is 1. The van der Waals surface area contributed by atoms with Gasteiger partial charge in [-0.05, 0) is 31.0 Å². The van der Waals surface area contributed by atoms with Gasteiger partial charge in [-0.3, -0.25) is 0 Å². The van der Waals surface area contributed by atoms with Crippen LogP contribution in [-0.2, 0) is 16.2 Å². The average Bonchev–Trinajstić information content (AvgIpc) is 2.44. The van der Waals surface area contributed by atoms with E-state index in [4.69, 9.17) is 5.26 Å². The highest BCUT2D eigenvalue weighted by Crippen LogP contribution is 2.34. The molecule has 0 saturated carbocycles. The fraction of sp³-hybridized carbons (Fsp3) is 0.500. The van der Waals surface area contributed by atoms with Gasteiger partial charge in [0, 0.05) is 24.8 Å². The summed E-state index contributed by atoms with van der Waals surface area (Å²) in [7, 11) is -3.35. The Kier molecular flexibility index (Phi) is 4.87. The van der Waals surface area contributed by atoms with Crippen LogP contribution in [0, 0.1) is 11.3 Å². The van der Waals surface area contributed by atoms with Crippen LogP contribution in [0.2, 0.25) is 0 Å². The zero-order chi connectivity index (χ0) is 17.3. The summed E-state index contributed by atoms with van der Waals surface area (Å²) in [5.74, 6) is 0. The van der Waals surface area contributed by atoms with Gasteiger partial charge >= 0.3 is 6.18 Å². The zero-order valence-electron chi connectivity index (χ0n) is 12.4. The number of sulfonamides is 1. The summed E-state index contributed by atoms with van der Waals surface area (Å²) in [5, 5.41) is 8.95. The third kappa shape index (κ3) is 4.59. The molecule has 1 saturated heterocycles. The van der Waals surface area contributed by atoms with Gasteiger partial charge in [-0.15, -0.1) is 0 Å². The number of alkyl halides is 3. The number of nitriles is 1. The fourth-order valence-corrected chi connectivity index (χ4v) is 3.48. The molecule has 1 aromatic carbocycles. The summed E-state index contributed by atoms with van der Waals surface area (Å²) in [6.45, 7) is 0.946. The monoisotopic (exact) mass is 347 g/mol. The third-order valence-corrected chi connectivity index (χ3v) is 4.36. The molecule has 0 aliphatic carbocycles. The number of hydrogen-bond acceptors (Lipinski definition) is 4. The van der Waals surface area contributed by atoms with Gasteiger partial charge in [-0.1, -0.05) is 0 Å². The molecule has 1 atom stereocenters. The van der Waals surface area contributed by atoms with E-state index in [-0.39, 0.29) is 6.04 Å². The molecule has 9 heteroatoms. The quantitative estimate of drug-likeness (QED) is 0.909. The van der Waals surface area contributed by atoms with E-state index in [1.54, 1.807) is 11.0 Å². The molecule has 0 spiro atoms. The van der Waals surface area contributed by atoms with E-state index in [1.165, 1.54) is 12.1 Å². The first kappa shape index (κ1) is 17.6. The van der Waals surface area contributed by atoms with Crippen LogP contribution in [0.25, 0.3) is 0 Å². The van der Waals surface area contributed by atoms with Gasteiger partial charge in [0.15, 0.2) is 0 Å². The molecule has 126 valence electrons. The van der Waals surface area contributed by atoms with Crippen molar-refractivity contribution < 1.29 is 21.6 Å². The lowest BCUT2D eigenvalue weighted by Crippen LogP contribution is -2.47. The number of piperidine rings is 1. The highest BCUT2D eigenvalue weighted by Gasteiger charge is 2.34. The van der Waals surface area contributed by atoms with Crippen molar-refractivity contribution >= 4 is 15.7 Å². The van der Waals surface area contributed by atoms with E-state index < -0.39 is 27.3 Å². The van der Waals surface area contributed by atoms with Crippen LogP contribution < -0.4 is 9.62 Å². The number of nitrogens with one attached hydrogen (secondary N) is 1. The standard InChI is InChI=1S/C14H16F3N3O2S/c1-23(21,22)19-11-3-2-6-20(9-11)12-4-5-13(14(15,16)17)10(7-12)8-18/h4-5,7,11,19H,2-3,6,9H2,1H3/t11-/m1/s1. The molecule has 1 fully saturated rings. The Morgan fingerprint density at radius 1 is 1.39 bits per heavy atom. The lowest BCUT2D eigenvalue weighted by atomic mass is 10.0. The predicted molar refractivity (Wildman–Crippen MR) is 79.4 cm³/mol. The van der Waals surface area contributed by atoms with Crippen molar-refractivity contribution in [2.24, 2.45) is 0 Å². The van der Waals surface area contributed by atoms with Crippen LogP contribution in [0.5, 0.6) is 0 Å². The first-order valence-corrected chi connectivity index (χ1v) is 8.83. The molecule has 0 unspecified atom stereocenters. The van der Waals surface area contributed by atoms with Crippen LogP contribution in [-0.4, -0.2) is 33.8 Å². The highest BCUT2D eigenvalue weighted by atomic mass is 32.2. The molecule has 1 aliphatic rings. The molecular formula is C14H16F3N3O2S. The predicted octanol–water partition coefficient (Wildman–Crippen LogP) is 2.10. The average molecular weight is 347 g/mol. The van der Waals surface area contributed by atoms with Crippen LogP contribution in [0.1, 0.15) is 24.0 Å². The first-order chi connectivity index (χ1) is 10.6. The van der Waals surface area contributed by atoms with Crippen LogP contribution in [0.4, 0.5) is 18.9 Å². The van der Waals surface area contributed by atoms with E-state index in [1.807, 2.05) is 0 Å². The van der Waals surface area contributed by atoms with Crippen molar-refractivity contribution in [1.29, 1.82) is 5.26 Å². The second kappa shape index (κ2) is 6.37. The normalized spacial score (nSPS) is 19.4. The van der Waals surface area contributed by atoms with Crippen molar-refractivity contribution in [2.75, 3.05) is 24.2 Å². The van der Waals surface area contributed by atoms with E-state index in [0.29, 0.717) is 31.6 Å². The Hall–Kier alpha value is -1.79. The molecule has 1 N–H and O–H groups in total. The van der Waals surface area contributed by atoms with Crippen LogP contribution >= 0.6 is 0 Å². The fourth-order valence-electron chi connectivity index (χ4n) is 2.68. The van der Waals surface area contributed by atoms with E-state index in [0.717, 1.165) is 12.3 Å². The van der Waals surface area contributed by atoms with Crippen molar-refractivity contribution in [3.05, 3.63) is 29.3 Å². The molecule has 0 amide bonds. The molecule has 1 aliphatic heterocycles. The topological polar surface area (TPSA) is 73.2 Å². The summed E-state index contributed by atoms with van der Waals surface area (Å²) >= 11 is 0. The molecule has 1 heterocycles. The van der Waals surface area contributed by atoms with Gasteiger partial charge in [0.05, 0.1) is 23.5 Å². The summed E-state index contributed by atoms with van der Waals surface area (Å²) < 4.78 is 63.6. The van der Waals surface area contributed by atoms with Gasteiger partial charge in [0.25, 0.3) is 0 Å². The van der Waals surface area contributed by atoms with Gasteiger partial charge in [-0.25, -0.2) is 13.1 Å². The lowest BCUT2D eigenvalue weighted by Gasteiger charge is -2.34. The van der Waals surface area contributed by atoms with Gasteiger partial charge < -0.3 is 4.90 Å². The molecule has 0 bridgehead atoms. The number of benzene rings is 1. The molecule has 0 radical (unpaired) electrons. The lowest BCUT2D eigenvalue weighted by molar-refractivity contribution is -0.137. The molecule has 2 rings (SSSR count). The second-order valence-corrected chi connectivity index (χ2v) is 7.29. The second-order valence-electron chi connectivity index (χ2n) is 5.51. The summed E-state index contributed by atoms with van der Waals surface area (Å²) in [6, 6.07) is 4.68. The van der Waals surface area contributed by atoms with Crippen LogP contribution in [0.15, 0.2) is 18.2 Å². The maximum atomic E-state index is 12.8. The first-order valence-electron chi connectivity index (χ1n) is 6.94. The highest BCUT2D eigenvalue weighted by molar-refractivity contribution is 7.88. The maximum Gasteiger partial charge on any atom is 0.417 e. The van der Waals surface area contributed by atoms with Crippen molar-refractivity contribution in [3.63, 3.8) is 0 Å². The molecule has 5 nitrogen and oxygen atoms in total. The number of anilines is 1. The van der Waals surface area contributed by atoms with Crippen molar-refractivity contribution in [2.45, 2.75) is 25.1 Å². The Morgan fingerprint density at radius 3 is 2.65 bits per heavy atom. The largest absolute Gasteiger partial charge is 0.417 e. The van der Waals surface area contributed by atoms with E-state index in [2.05, 4.69) is 4.72 Å². The van der Waals surface area contributed by atoms with Crippen molar-refractivity contribution in [3.8, 4) is 6.07 Å². The Labute approximate surface area is 132 Å². The Morgan fingerprint density at radius 2 is 2.09 bits per heavy atom. The summed E-state index contributed by atoms with van der Waals surface area (Å²) in [4.78, 5) is 1.79. The number of halogens is 3. The number of rotatable bonds is 3. The SMILES string of the molecule is CS(=O)(=O)N[C@@H]1CCCN(c2ccc(C(F)(F)F)c(C#N)c2)C1. The van der Waals surface area contributed by atoms with Crippen molar-refractivity contribution in [1.82, 2.24) is 4.72 Å². The van der Waals surface area contributed by atoms with Gasteiger partial charge in [-0.2, -0.15) is 18.4 Å². The molecule has 1 aromatic rings. The zero-order valence-corrected chi connectivity index (χ0v) is 13.2. The molecule has 0 aromatic heterocycles. The summed E-state index contributed by atoms with van der Waals surface area (Å²) in [5.41, 5.74) is -0.922. The minimum Gasteiger partial charge on any atom is -0.370 e.